The molecule has 1 N–H and O–H groups in total. The summed E-state index contributed by atoms with van der Waals surface area (Å²) in [5, 5.41) is 3.50. The fourth-order valence-electron chi connectivity index (χ4n) is 5.53. The predicted octanol–water partition coefficient (Wildman–Crippen LogP) is 5.96. The fourth-order valence-corrected chi connectivity index (χ4v) is 6.49. The van der Waals surface area contributed by atoms with Gasteiger partial charge in [0.05, 0.1) is 21.5 Å². The van der Waals surface area contributed by atoms with E-state index in [2.05, 4.69) is 10.3 Å². The number of carbonyl (C=O) groups is 3. The lowest BCUT2D eigenvalue weighted by Gasteiger charge is -2.34. The molecule has 5 aromatic rings. The number of hydrogen-bond donors (Lipinski definition) is 1. The molecule has 1 fully saturated rings. The predicted molar refractivity (Wildman–Crippen MR) is 157 cm³/mol. The number of likely N-dealkylation sites (tertiary alicyclic amines) is 1. The molecule has 42 heavy (non-hydrogen) atoms. The van der Waals surface area contributed by atoms with Crippen LogP contribution in [0, 0.1) is 11.6 Å². The number of benzene rings is 3. The van der Waals surface area contributed by atoms with Gasteiger partial charge in [0.2, 0.25) is 6.41 Å². The molecule has 6 rings (SSSR count). The lowest BCUT2D eigenvalue weighted by Crippen LogP contribution is -2.39. The molecule has 1 aliphatic rings. The minimum absolute atomic E-state index is 0.155. The molecule has 8 nitrogen and oxygen atoms in total. The zero-order chi connectivity index (χ0) is 29.5. The molecular formula is C31H26F2N4O4S. The van der Waals surface area contributed by atoms with E-state index in [0.717, 1.165) is 23.3 Å². The van der Waals surface area contributed by atoms with Gasteiger partial charge in [0.25, 0.3) is 11.8 Å². The molecule has 0 spiro atoms. The van der Waals surface area contributed by atoms with Gasteiger partial charge in [0, 0.05) is 50.1 Å². The molecule has 11 heteroatoms. The Kier molecular flexibility index (Phi) is 7.19. The van der Waals surface area contributed by atoms with Crippen LogP contribution in [0.3, 0.4) is 0 Å². The van der Waals surface area contributed by atoms with Crippen LogP contribution in [0.25, 0.3) is 32.5 Å². The van der Waals surface area contributed by atoms with Gasteiger partial charge in [-0.15, -0.1) is 11.3 Å². The summed E-state index contributed by atoms with van der Waals surface area (Å²) >= 11 is 1.16. The first-order valence-corrected chi connectivity index (χ1v) is 14.2. The quantitative estimate of drug-likeness (QED) is 0.247. The van der Waals surface area contributed by atoms with Crippen molar-refractivity contribution in [3.8, 4) is 11.3 Å². The molecule has 0 radical (unpaired) electrons. The van der Waals surface area contributed by atoms with Crippen LogP contribution in [0.15, 0.2) is 59.0 Å². The second-order valence-electron chi connectivity index (χ2n) is 10.2. The van der Waals surface area contributed by atoms with E-state index in [-0.39, 0.29) is 34.3 Å². The zero-order valence-electron chi connectivity index (χ0n) is 22.8. The molecule has 3 amide bonds. The number of carbonyl (C=O) groups excluding carboxylic acids is 3. The number of aromatic nitrogens is 1. The Hall–Kier alpha value is -4.64. The number of thiazole rings is 1. The van der Waals surface area contributed by atoms with Gasteiger partial charge in [-0.3, -0.25) is 14.4 Å². The molecule has 0 saturated carbocycles. The highest BCUT2D eigenvalue weighted by Gasteiger charge is 2.31. The highest BCUT2D eigenvalue weighted by molar-refractivity contribution is 7.20. The van der Waals surface area contributed by atoms with E-state index < -0.39 is 5.82 Å². The summed E-state index contributed by atoms with van der Waals surface area (Å²) in [5.41, 5.74) is 3.17. The number of anilines is 1. The maximum absolute atomic E-state index is 13.7. The summed E-state index contributed by atoms with van der Waals surface area (Å²) in [4.78, 5) is 46.1. The molecule has 0 aliphatic carbocycles. The molecule has 214 valence electrons. The molecule has 2 aromatic heterocycles. The highest BCUT2D eigenvalue weighted by Crippen LogP contribution is 2.41. The maximum Gasteiger partial charge on any atom is 0.282 e. The van der Waals surface area contributed by atoms with Crippen LogP contribution in [0.1, 0.15) is 44.5 Å². The van der Waals surface area contributed by atoms with Gasteiger partial charge in [-0.25, -0.2) is 13.8 Å². The smallest absolute Gasteiger partial charge is 0.282 e. The number of nitrogens with zero attached hydrogens (tertiary/aromatic N) is 3. The Bertz CT molecular complexity index is 1850. The van der Waals surface area contributed by atoms with Crippen molar-refractivity contribution >= 4 is 56.4 Å². The van der Waals surface area contributed by atoms with Gasteiger partial charge in [-0.2, -0.15) is 0 Å². The van der Waals surface area contributed by atoms with E-state index >= 15 is 0 Å². The number of halogens is 2. The Labute approximate surface area is 243 Å². The SMILES string of the molecule is CNC(=O)c1c(-c2ccc(F)cc2)oc2cc(N(C)C=O)c([C@H]3CCCN(C(=O)c4nc5ccc(F)cc5s4)C3)cc12. The number of fused-ring (bicyclic) bond motifs is 2. The molecule has 3 aromatic carbocycles. The van der Waals surface area contributed by atoms with Gasteiger partial charge in [-0.1, -0.05) is 0 Å². The molecule has 0 unspecified atom stereocenters. The van der Waals surface area contributed by atoms with Crippen molar-refractivity contribution in [2.45, 2.75) is 18.8 Å². The van der Waals surface area contributed by atoms with Crippen LogP contribution in [0.4, 0.5) is 14.5 Å². The Morgan fingerprint density at radius 2 is 1.88 bits per heavy atom. The van der Waals surface area contributed by atoms with Gasteiger partial charge >= 0.3 is 0 Å². The van der Waals surface area contributed by atoms with Crippen LogP contribution in [0.5, 0.6) is 0 Å². The molecule has 1 atom stereocenters. The van der Waals surface area contributed by atoms with Crippen LogP contribution in [0.2, 0.25) is 0 Å². The number of rotatable bonds is 6. The first kappa shape index (κ1) is 27.5. The molecule has 1 saturated heterocycles. The highest BCUT2D eigenvalue weighted by atomic mass is 32.1. The van der Waals surface area contributed by atoms with E-state index in [4.69, 9.17) is 4.42 Å². The van der Waals surface area contributed by atoms with Crippen molar-refractivity contribution in [1.82, 2.24) is 15.2 Å². The van der Waals surface area contributed by atoms with Crippen molar-refractivity contribution in [2.75, 3.05) is 32.1 Å². The maximum atomic E-state index is 13.7. The topological polar surface area (TPSA) is 95.8 Å². The van der Waals surface area contributed by atoms with E-state index in [9.17, 15) is 23.2 Å². The van der Waals surface area contributed by atoms with Gasteiger partial charge < -0.3 is 19.5 Å². The second kappa shape index (κ2) is 11.0. The second-order valence-corrected chi connectivity index (χ2v) is 11.3. The van der Waals surface area contributed by atoms with Crippen molar-refractivity contribution in [2.24, 2.45) is 0 Å². The summed E-state index contributed by atoms with van der Waals surface area (Å²) in [7, 11) is 3.15. The monoisotopic (exact) mass is 588 g/mol. The molecular weight excluding hydrogens is 562 g/mol. The Morgan fingerprint density at radius 3 is 2.62 bits per heavy atom. The molecule has 3 heterocycles. The number of nitrogens with one attached hydrogen (secondary N) is 1. The van der Waals surface area contributed by atoms with Crippen molar-refractivity contribution in [3.05, 3.63) is 82.4 Å². The number of amides is 3. The number of hydrogen-bond acceptors (Lipinski definition) is 6. The summed E-state index contributed by atoms with van der Waals surface area (Å²) < 4.78 is 34.1. The Morgan fingerprint density at radius 1 is 1.12 bits per heavy atom. The first-order chi connectivity index (χ1) is 20.3. The minimum atomic E-state index is -0.414. The van der Waals surface area contributed by atoms with Crippen molar-refractivity contribution in [1.29, 1.82) is 0 Å². The zero-order valence-corrected chi connectivity index (χ0v) is 23.6. The van der Waals surface area contributed by atoms with Crippen molar-refractivity contribution in [3.63, 3.8) is 0 Å². The average Bonchev–Trinajstić information content (AvgIpc) is 3.60. The first-order valence-electron chi connectivity index (χ1n) is 13.4. The lowest BCUT2D eigenvalue weighted by molar-refractivity contribution is -0.107. The third-order valence-electron chi connectivity index (χ3n) is 7.62. The van der Waals surface area contributed by atoms with E-state index in [0.29, 0.717) is 63.9 Å². The van der Waals surface area contributed by atoms with Crippen LogP contribution < -0.4 is 10.2 Å². The summed E-state index contributed by atoms with van der Waals surface area (Å²) in [6.07, 6.45) is 2.16. The van der Waals surface area contributed by atoms with Crippen LogP contribution in [-0.4, -0.2) is 55.3 Å². The standard InChI is InChI=1S/C31H26F2N4O4S/c1-34-29(39)27-22-13-21(24(36(2)16-38)14-25(22)41-28(27)17-5-7-19(32)8-6-17)18-4-3-11-37(15-18)31(40)30-35-23-10-9-20(33)12-26(23)42-30/h5-10,12-14,16,18H,3-4,11,15H2,1-2H3,(H,34,39)/t18-/m0/s1. The largest absolute Gasteiger partial charge is 0.455 e. The third-order valence-corrected chi connectivity index (χ3v) is 8.62. The van der Waals surface area contributed by atoms with Gasteiger partial charge in [0.15, 0.2) is 5.01 Å². The summed E-state index contributed by atoms with van der Waals surface area (Å²) in [6, 6.07) is 13.5. The van der Waals surface area contributed by atoms with E-state index in [1.165, 1.54) is 36.2 Å². The van der Waals surface area contributed by atoms with Gasteiger partial charge in [0.1, 0.15) is 23.0 Å². The number of piperidine rings is 1. The normalized spacial score (nSPS) is 15.2. The third kappa shape index (κ3) is 4.89. The summed E-state index contributed by atoms with van der Waals surface area (Å²) in [5.74, 6) is -1.28. The van der Waals surface area contributed by atoms with Crippen molar-refractivity contribution < 1.29 is 27.6 Å². The lowest BCUT2D eigenvalue weighted by atomic mass is 9.87. The van der Waals surface area contributed by atoms with E-state index in [1.807, 2.05) is 6.07 Å². The molecule has 0 bridgehead atoms. The molecule has 1 aliphatic heterocycles. The summed E-state index contributed by atoms with van der Waals surface area (Å²) in [6.45, 7) is 0.900. The van der Waals surface area contributed by atoms with Crippen LogP contribution >= 0.6 is 11.3 Å². The van der Waals surface area contributed by atoms with Gasteiger partial charge in [-0.05, 0) is 66.9 Å². The minimum Gasteiger partial charge on any atom is -0.455 e. The fraction of sp³-hybridized carbons (Fsp3) is 0.226. The number of furan rings is 1. The van der Waals surface area contributed by atoms with Crippen LogP contribution in [-0.2, 0) is 4.79 Å². The Balaban J connectivity index is 1.42. The van der Waals surface area contributed by atoms with E-state index in [1.54, 1.807) is 36.2 Å². The average molecular weight is 589 g/mol.